The maximum atomic E-state index is 4.36. The van der Waals surface area contributed by atoms with Crippen LogP contribution in [0.5, 0.6) is 0 Å². The lowest BCUT2D eigenvalue weighted by Gasteiger charge is -2.11. The monoisotopic (exact) mass is 214 g/mol. The molecule has 0 aliphatic carbocycles. The van der Waals surface area contributed by atoms with Gasteiger partial charge in [-0.2, -0.15) is 5.10 Å². The van der Waals surface area contributed by atoms with Gasteiger partial charge in [0.2, 0.25) is 0 Å². The minimum atomic E-state index is 0.350. The Hall–Kier alpha value is -1.68. The number of rotatable bonds is 2. The highest BCUT2D eigenvalue weighted by molar-refractivity contribution is 5.31. The van der Waals surface area contributed by atoms with Crippen molar-refractivity contribution in [3.8, 4) is 5.69 Å². The van der Waals surface area contributed by atoms with Crippen molar-refractivity contribution >= 4 is 0 Å². The van der Waals surface area contributed by atoms with E-state index in [1.165, 1.54) is 6.42 Å². The molecular formula is C12H14N4. The number of aromatic nitrogens is 3. The van der Waals surface area contributed by atoms with E-state index >= 15 is 0 Å². The summed E-state index contributed by atoms with van der Waals surface area (Å²) < 4.78 is 1.92. The van der Waals surface area contributed by atoms with E-state index in [9.17, 15) is 0 Å². The second kappa shape index (κ2) is 4.06. The van der Waals surface area contributed by atoms with Crippen molar-refractivity contribution in [3.63, 3.8) is 0 Å². The second-order valence-corrected chi connectivity index (χ2v) is 4.01. The Kier molecular flexibility index (Phi) is 2.42. The molecule has 0 saturated carbocycles. The third-order valence-electron chi connectivity index (χ3n) is 2.95. The van der Waals surface area contributed by atoms with Gasteiger partial charge >= 0.3 is 0 Å². The SMILES string of the molecule is c1ccc(-n2ncnc2[C@H]2CCCN2)cc1. The number of hydrogen-bond donors (Lipinski definition) is 1. The predicted molar refractivity (Wildman–Crippen MR) is 61.3 cm³/mol. The third kappa shape index (κ3) is 1.61. The maximum Gasteiger partial charge on any atom is 0.149 e. The van der Waals surface area contributed by atoms with Crippen LogP contribution in [0, 0.1) is 0 Å². The molecule has 4 nitrogen and oxygen atoms in total. The van der Waals surface area contributed by atoms with Crippen molar-refractivity contribution in [1.82, 2.24) is 20.1 Å². The number of nitrogens with one attached hydrogen (secondary N) is 1. The van der Waals surface area contributed by atoms with E-state index < -0.39 is 0 Å². The van der Waals surface area contributed by atoms with Crippen LogP contribution >= 0.6 is 0 Å². The minimum absolute atomic E-state index is 0.350. The van der Waals surface area contributed by atoms with Gasteiger partial charge in [0.1, 0.15) is 12.2 Å². The molecule has 0 unspecified atom stereocenters. The number of benzene rings is 1. The first-order valence-corrected chi connectivity index (χ1v) is 5.64. The molecular weight excluding hydrogens is 200 g/mol. The van der Waals surface area contributed by atoms with Crippen LogP contribution in [-0.2, 0) is 0 Å². The Morgan fingerprint density at radius 1 is 1.25 bits per heavy atom. The van der Waals surface area contributed by atoms with Crippen LogP contribution in [0.3, 0.4) is 0 Å². The Morgan fingerprint density at radius 2 is 2.12 bits per heavy atom. The second-order valence-electron chi connectivity index (χ2n) is 4.01. The smallest absolute Gasteiger partial charge is 0.149 e. The summed E-state index contributed by atoms with van der Waals surface area (Å²) in [4.78, 5) is 4.36. The molecule has 2 aromatic rings. The van der Waals surface area contributed by atoms with Gasteiger partial charge in [-0.25, -0.2) is 9.67 Å². The van der Waals surface area contributed by atoms with Crippen LogP contribution in [0.15, 0.2) is 36.7 Å². The van der Waals surface area contributed by atoms with E-state index in [2.05, 4.69) is 15.4 Å². The predicted octanol–water partition coefficient (Wildman–Crippen LogP) is 1.69. The highest BCUT2D eigenvalue weighted by Gasteiger charge is 2.21. The summed E-state index contributed by atoms with van der Waals surface area (Å²) in [6, 6.07) is 10.5. The molecule has 1 aromatic heterocycles. The fourth-order valence-corrected chi connectivity index (χ4v) is 2.16. The van der Waals surface area contributed by atoms with Crippen LogP contribution in [0.25, 0.3) is 5.69 Å². The highest BCUT2D eigenvalue weighted by Crippen LogP contribution is 2.22. The van der Waals surface area contributed by atoms with Gasteiger partial charge in [-0.15, -0.1) is 0 Å². The number of nitrogens with zero attached hydrogens (tertiary/aromatic N) is 3. The molecule has 1 saturated heterocycles. The Balaban J connectivity index is 1.99. The van der Waals surface area contributed by atoms with E-state index in [1.807, 2.05) is 35.0 Å². The van der Waals surface area contributed by atoms with Crippen LogP contribution < -0.4 is 5.32 Å². The normalized spacial score (nSPS) is 20.1. The zero-order valence-corrected chi connectivity index (χ0v) is 9.00. The van der Waals surface area contributed by atoms with E-state index in [0.29, 0.717) is 6.04 Å². The Bertz CT molecular complexity index is 457. The lowest BCUT2D eigenvalue weighted by Crippen LogP contribution is -2.17. The van der Waals surface area contributed by atoms with Gasteiger partial charge in [0.15, 0.2) is 0 Å². The topological polar surface area (TPSA) is 42.7 Å². The van der Waals surface area contributed by atoms with Crippen molar-refractivity contribution < 1.29 is 0 Å². The molecule has 0 radical (unpaired) electrons. The molecule has 16 heavy (non-hydrogen) atoms. The maximum absolute atomic E-state index is 4.36. The molecule has 0 amide bonds. The fourth-order valence-electron chi connectivity index (χ4n) is 2.16. The Morgan fingerprint density at radius 3 is 2.88 bits per heavy atom. The van der Waals surface area contributed by atoms with Crippen molar-refractivity contribution in [2.45, 2.75) is 18.9 Å². The van der Waals surface area contributed by atoms with Gasteiger partial charge < -0.3 is 5.32 Å². The van der Waals surface area contributed by atoms with Gasteiger partial charge in [-0.1, -0.05) is 18.2 Å². The molecule has 1 aliphatic rings. The lowest BCUT2D eigenvalue weighted by atomic mass is 10.2. The largest absolute Gasteiger partial charge is 0.307 e. The fraction of sp³-hybridized carbons (Fsp3) is 0.333. The summed E-state index contributed by atoms with van der Waals surface area (Å²) in [6.07, 6.45) is 3.99. The van der Waals surface area contributed by atoms with Crippen molar-refractivity contribution in [2.75, 3.05) is 6.54 Å². The van der Waals surface area contributed by atoms with E-state index in [0.717, 1.165) is 24.5 Å². The van der Waals surface area contributed by atoms with Crippen LogP contribution in [0.1, 0.15) is 24.7 Å². The standard InChI is InChI=1S/C12H14N4/c1-2-5-10(6-3-1)16-12(14-9-15-16)11-7-4-8-13-11/h1-3,5-6,9,11,13H,4,7-8H2/t11-/m1/s1. The first kappa shape index (κ1) is 9.54. The number of hydrogen-bond acceptors (Lipinski definition) is 3. The van der Waals surface area contributed by atoms with Crippen LogP contribution in [0.4, 0.5) is 0 Å². The van der Waals surface area contributed by atoms with Crippen LogP contribution in [-0.4, -0.2) is 21.3 Å². The first-order chi connectivity index (χ1) is 7.95. The molecule has 1 atom stereocenters. The average Bonchev–Trinajstić information content (AvgIpc) is 3.01. The lowest BCUT2D eigenvalue weighted by molar-refractivity contribution is 0.583. The summed E-state index contributed by atoms with van der Waals surface area (Å²) >= 11 is 0. The summed E-state index contributed by atoms with van der Waals surface area (Å²) in [5.41, 5.74) is 1.07. The van der Waals surface area contributed by atoms with E-state index in [1.54, 1.807) is 6.33 Å². The molecule has 1 aliphatic heterocycles. The number of para-hydroxylation sites is 1. The summed E-state index contributed by atoms with van der Waals surface area (Å²) in [5.74, 6) is 1.02. The Labute approximate surface area is 94.3 Å². The van der Waals surface area contributed by atoms with Gasteiger partial charge in [0.05, 0.1) is 11.7 Å². The quantitative estimate of drug-likeness (QED) is 0.827. The van der Waals surface area contributed by atoms with Gasteiger partial charge in [0.25, 0.3) is 0 Å². The third-order valence-corrected chi connectivity index (χ3v) is 2.95. The van der Waals surface area contributed by atoms with E-state index in [-0.39, 0.29) is 0 Å². The van der Waals surface area contributed by atoms with Crippen LogP contribution in [0.2, 0.25) is 0 Å². The van der Waals surface area contributed by atoms with Gasteiger partial charge in [0, 0.05) is 0 Å². The molecule has 1 aromatic carbocycles. The highest BCUT2D eigenvalue weighted by atomic mass is 15.3. The molecule has 82 valence electrons. The minimum Gasteiger partial charge on any atom is -0.307 e. The average molecular weight is 214 g/mol. The van der Waals surface area contributed by atoms with Crippen molar-refractivity contribution in [2.24, 2.45) is 0 Å². The molecule has 0 bridgehead atoms. The summed E-state index contributed by atoms with van der Waals surface area (Å²) in [6.45, 7) is 1.08. The molecule has 0 spiro atoms. The molecule has 2 heterocycles. The summed E-state index contributed by atoms with van der Waals surface area (Å²) in [5, 5.41) is 7.74. The zero-order valence-electron chi connectivity index (χ0n) is 9.00. The summed E-state index contributed by atoms with van der Waals surface area (Å²) in [7, 11) is 0. The van der Waals surface area contributed by atoms with Gasteiger partial charge in [-0.05, 0) is 31.5 Å². The molecule has 1 fully saturated rings. The molecule has 4 heteroatoms. The van der Waals surface area contributed by atoms with Crippen molar-refractivity contribution in [1.29, 1.82) is 0 Å². The van der Waals surface area contributed by atoms with Crippen molar-refractivity contribution in [3.05, 3.63) is 42.5 Å². The molecule has 3 rings (SSSR count). The van der Waals surface area contributed by atoms with Gasteiger partial charge in [-0.3, -0.25) is 0 Å². The zero-order chi connectivity index (χ0) is 10.8. The molecule has 1 N–H and O–H groups in total. The first-order valence-electron chi connectivity index (χ1n) is 5.64. The van der Waals surface area contributed by atoms with E-state index in [4.69, 9.17) is 0 Å².